The second-order valence-electron chi connectivity index (χ2n) is 1.67. The highest BCUT2D eigenvalue weighted by Crippen LogP contribution is 2.09. The summed E-state index contributed by atoms with van der Waals surface area (Å²) < 4.78 is 0.980. The van der Waals surface area contributed by atoms with E-state index in [0.29, 0.717) is 0 Å². The Bertz CT molecular complexity index is 198. The quantitative estimate of drug-likeness (QED) is 0.626. The molecule has 0 aliphatic heterocycles. The Hall–Kier alpha value is -0.560. The SMILES string of the molecule is C=Cc1c[c]c(Br)cc1. The highest BCUT2D eigenvalue weighted by atomic mass is 79.9. The molecule has 0 aliphatic carbocycles. The van der Waals surface area contributed by atoms with Gasteiger partial charge in [-0.15, -0.1) is 0 Å². The predicted octanol–water partition coefficient (Wildman–Crippen LogP) is 2.89. The summed E-state index contributed by atoms with van der Waals surface area (Å²) in [7, 11) is 0. The standard InChI is InChI=1S/C8H6Br/c1-2-7-3-5-8(9)6-4-7/h2-5H,1H2. The largest absolute Gasteiger partial charge is 0.0985 e. The van der Waals surface area contributed by atoms with Gasteiger partial charge >= 0.3 is 0 Å². The van der Waals surface area contributed by atoms with Gasteiger partial charge in [-0.1, -0.05) is 34.7 Å². The monoisotopic (exact) mass is 181 g/mol. The molecule has 1 radical (unpaired) electrons. The zero-order chi connectivity index (χ0) is 6.69. The van der Waals surface area contributed by atoms with Gasteiger partial charge in [-0.3, -0.25) is 0 Å². The van der Waals surface area contributed by atoms with Crippen LogP contribution in [0.2, 0.25) is 0 Å². The van der Waals surface area contributed by atoms with Crippen molar-refractivity contribution in [3.05, 3.63) is 40.9 Å². The van der Waals surface area contributed by atoms with E-state index in [1.165, 1.54) is 0 Å². The van der Waals surface area contributed by atoms with Crippen LogP contribution in [0.3, 0.4) is 0 Å². The molecular formula is C8H6Br. The van der Waals surface area contributed by atoms with Gasteiger partial charge in [-0.25, -0.2) is 0 Å². The van der Waals surface area contributed by atoms with Gasteiger partial charge in [0.1, 0.15) is 0 Å². The number of benzene rings is 1. The molecule has 45 valence electrons. The van der Waals surface area contributed by atoms with E-state index in [1.54, 1.807) is 6.08 Å². The lowest BCUT2D eigenvalue weighted by Crippen LogP contribution is -1.68. The molecule has 1 rings (SSSR count). The van der Waals surface area contributed by atoms with Crippen molar-refractivity contribution in [1.82, 2.24) is 0 Å². The van der Waals surface area contributed by atoms with Crippen molar-refractivity contribution in [2.75, 3.05) is 0 Å². The summed E-state index contributed by atoms with van der Waals surface area (Å²) in [6.45, 7) is 3.63. The van der Waals surface area contributed by atoms with E-state index in [0.717, 1.165) is 10.0 Å². The summed E-state index contributed by atoms with van der Waals surface area (Å²) >= 11 is 3.28. The van der Waals surface area contributed by atoms with E-state index in [1.807, 2.05) is 18.2 Å². The molecule has 0 atom stereocenters. The number of rotatable bonds is 1. The van der Waals surface area contributed by atoms with Crippen LogP contribution in [0.25, 0.3) is 6.08 Å². The van der Waals surface area contributed by atoms with Gasteiger partial charge in [-0.2, -0.15) is 0 Å². The Morgan fingerprint density at radius 2 is 2.33 bits per heavy atom. The third-order valence-electron chi connectivity index (χ3n) is 1.03. The fraction of sp³-hybridized carbons (Fsp3) is 0. The minimum Gasteiger partial charge on any atom is -0.0985 e. The molecular weight excluding hydrogens is 176 g/mol. The van der Waals surface area contributed by atoms with E-state index in [2.05, 4.69) is 28.6 Å². The Morgan fingerprint density at radius 3 is 2.78 bits per heavy atom. The average molecular weight is 182 g/mol. The lowest BCUT2D eigenvalue weighted by atomic mass is 10.2. The molecule has 0 nitrogen and oxygen atoms in total. The second kappa shape index (κ2) is 2.83. The zero-order valence-electron chi connectivity index (χ0n) is 4.89. The van der Waals surface area contributed by atoms with Crippen LogP contribution in [-0.2, 0) is 0 Å². The summed E-state index contributed by atoms with van der Waals surface area (Å²) in [5, 5.41) is 0. The van der Waals surface area contributed by atoms with Crippen LogP contribution in [-0.4, -0.2) is 0 Å². The Balaban J connectivity index is 3.01. The topological polar surface area (TPSA) is 0 Å². The third-order valence-corrected chi connectivity index (χ3v) is 1.53. The predicted molar refractivity (Wildman–Crippen MR) is 43.1 cm³/mol. The highest BCUT2D eigenvalue weighted by molar-refractivity contribution is 9.10. The third kappa shape index (κ3) is 1.68. The Kier molecular flexibility index (Phi) is 2.06. The van der Waals surface area contributed by atoms with Crippen LogP contribution in [0, 0.1) is 6.07 Å². The van der Waals surface area contributed by atoms with Gasteiger partial charge in [0.15, 0.2) is 0 Å². The van der Waals surface area contributed by atoms with Gasteiger partial charge in [0.25, 0.3) is 0 Å². The van der Waals surface area contributed by atoms with Crippen molar-refractivity contribution in [3.8, 4) is 0 Å². The van der Waals surface area contributed by atoms with Gasteiger partial charge in [0.2, 0.25) is 0 Å². The molecule has 1 heteroatoms. The molecule has 0 fully saturated rings. The molecule has 0 heterocycles. The Labute approximate surface area is 63.3 Å². The van der Waals surface area contributed by atoms with Gasteiger partial charge < -0.3 is 0 Å². The van der Waals surface area contributed by atoms with Crippen molar-refractivity contribution in [2.24, 2.45) is 0 Å². The minimum absolute atomic E-state index is 0.980. The van der Waals surface area contributed by atoms with E-state index < -0.39 is 0 Å². The van der Waals surface area contributed by atoms with Crippen LogP contribution in [0.1, 0.15) is 5.56 Å². The first-order valence-corrected chi connectivity index (χ1v) is 3.42. The van der Waals surface area contributed by atoms with Crippen molar-refractivity contribution in [3.63, 3.8) is 0 Å². The molecule has 0 N–H and O–H groups in total. The average Bonchev–Trinajstić information content (AvgIpc) is 1.90. The smallest absolute Gasteiger partial charge is 0.0254 e. The second-order valence-corrected chi connectivity index (χ2v) is 2.53. The molecule has 0 saturated carbocycles. The first-order chi connectivity index (χ1) is 4.33. The molecule has 1 aromatic carbocycles. The van der Waals surface area contributed by atoms with Gasteiger partial charge in [-0.05, 0) is 23.8 Å². The van der Waals surface area contributed by atoms with Crippen molar-refractivity contribution < 1.29 is 0 Å². The molecule has 1 aromatic rings. The molecule has 0 saturated heterocycles. The number of hydrogen-bond donors (Lipinski definition) is 0. The van der Waals surface area contributed by atoms with E-state index in [4.69, 9.17) is 0 Å². The summed E-state index contributed by atoms with van der Waals surface area (Å²) in [6.07, 6.45) is 1.79. The normalized spacial score (nSPS) is 9.00. The van der Waals surface area contributed by atoms with Crippen LogP contribution < -0.4 is 0 Å². The maximum atomic E-state index is 3.63. The maximum absolute atomic E-state index is 3.63. The van der Waals surface area contributed by atoms with Crippen molar-refractivity contribution in [2.45, 2.75) is 0 Å². The van der Waals surface area contributed by atoms with Gasteiger partial charge in [0, 0.05) is 4.47 Å². The molecule has 0 spiro atoms. The molecule has 0 unspecified atom stereocenters. The van der Waals surface area contributed by atoms with Crippen LogP contribution in [0.5, 0.6) is 0 Å². The number of hydrogen-bond acceptors (Lipinski definition) is 0. The summed E-state index contributed by atoms with van der Waals surface area (Å²) in [4.78, 5) is 0. The fourth-order valence-corrected chi connectivity index (χ4v) is 0.791. The zero-order valence-corrected chi connectivity index (χ0v) is 6.48. The van der Waals surface area contributed by atoms with Crippen LogP contribution in [0.15, 0.2) is 29.3 Å². The first kappa shape index (κ1) is 6.56. The van der Waals surface area contributed by atoms with Gasteiger partial charge in [0.05, 0.1) is 0 Å². The van der Waals surface area contributed by atoms with E-state index in [9.17, 15) is 0 Å². The first-order valence-electron chi connectivity index (χ1n) is 2.62. The minimum atomic E-state index is 0.980. The van der Waals surface area contributed by atoms with Crippen molar-refractivity contribution in [1.29, 1.82) is 0 Å². The fourth-order valence-electron chi connectivity index (χ4n) is 0.545. The summed E-state index contributed by atoms with van der Waals surface area (Å²) in [5.41, 5.74) is 1.10. The lowest BCUT2D eigenvalue weighted by molar-refractivity contribution is 1.60. The maximum Gasteiger partial charge on any atom is 0.0254 e. The lowest BCUT2D eigenvalue weighted by Gasteiger charge is -1.89. The molecule has 0 amide bonds. The molecule has 9 heavy (non-hydrogen) atoms. The highest BCUT2D eigenvalue weighted by Gasteiger charge is 1.84. The van der Waals surface area contributed by atoms with Crippen LogP contribution in [0.4, 0.5) is 0 Å². The molecule has 0 aromatic heterocycles. The van der Waals surface area contributed by atoms with E-state index >= 15 is 0 Å². The molecule has 0 aliphatic rings. The number of halogens is 1. The van der Waals surface area contributed by atoms with Crippen molar-refractivity contribution >= 4 is 22.0 Å². The Morgan fingerprint density at radius 1 is 1.56 bits per heavy atom. The summed E-state index contributed by atoms with van der Waals surface area (Å²) in [6, 6.07) is 8.80. The molecule has 0 bridgehead atoms. The summed E-state index contributed by atoms with van der Waals surface area (Å²) in [5.74, 6) is 0. The van der Waals surface area contributed by atoms with E-state index in [-0.39, 0.29) is 0 Å². The van der Waals surface area contributed by atoms with Crippen LogP contribution >= 0.6 is 15.9 Å².